The molecular formula is C26H32N2O6. The van der Waals surface area contributed by atoms with E-state index >= 15 is 0 Å². The first kappa shape index (κ1) is 25.2. The van der Waals surface area contributed by atoms with Crippen LogP contribution in [0.4, 0.5) is 4.79 Å². The maximum atomic E-state index is 12.1. The smallest absolute Gasteiger partial charge is 0.407 e. The Morgan fingerprint density at radius 3 is 2.26 bits per heavy atom. The highest BCUT2D eigenvalue weighted by molar-refractivity contribution is 5.83. The van der Waals surface area contributed by atoms with E-state index < -0.39 is 18.1 Å². The zero-order chi connectivity index (χ0) is 24.3. The molecular weight excluding hydrogens is 436 g/mol. The summed E-state index contributed by atoms with van der Waals surface area (Å²) in [6, 6.07) is 15.4. The largest absolute Gasteiger partial charge is 0.480 e. The molecule has 34 heavy (non-hydrogen) atoms. The van der Waals surface area contributed by atoms with Gasteiger partial charge in [-0.1, -0.05) is 68.3 Å². The number of rotatable bonds is 13. The average Bonchev–Trinajstić information content (AvgIpc) is 3.16. The van der Waals surface area contributed by atoms with Crippen molar-refractivity contribution in [3.63, 3.8) is 0 Å². The van der Waals surface area contributed by atoms with Crippen LogP contribution in [0, 0.1) is 0 Å². The van der Waals surface area contributed by atoms with Gasteiger partial charge in [0.15, 0.2) is 0 Å². The van der Waals surface area contributed by atoms with Crippen molar-refractivity contribution in [2.75, 3.05) is 26.4 Å². The van der Waals surface area contributed by atoms with Gasteiger partial charge in [-0.3, -0.25) is 4.79 Å². The Morgan fingerprint density at radius 2 is 1.65 bits per heavy atom. The molecule has 1 unspecified atom stereocenters. The second-order valence-electron chi connectivity index (χ2n) is 8.22. The normalized spacial score (nSPS) is 13.0. The fourth-order valence-corrected chi connectivity index (χ4v) is 4.07. The predicted molar refractivity (Wildman–Crippen MR) is 128 cm³/mol. The van der Waals surface area contributed by atoms with E-state index in [0.29, 0.717) is 6.42 Å². The van der Waals surface area contributed by atoms with Gasteiger partial charge >= 0.3 is 12.1 Å². The number of alkyl carbamates (subject to hydrolysis) is 1. The van der Waals surface area contributed by atoms with Crippen molar-refractivity contribution in [2.24, 2.45) is 0 Å². The van der Waals surface area contributed by atoms with Gasteiger partial charge in [0, 0.05) is 18.9 Å². The third kappa shape index (κ3) is 6.81. The summed E-state index contributed by atoms with van der Waals surface area (Å²) in [6.45, 7) is 2.80. The molecule has 0 radical (unpaired) electrons. The SMILES string of the molecule is CCCCC(NC(=O)CCOCCNC(=O)OCC1c2ccccc2-c2ccccc21)C(=O)O. The highest BCUT2D eigenvalue weighted by Crippen LogP contribution is 2.44. The van der Waals surface area contributed by atoms with E-state index in [0.717, 1.165) is 24.0 Å². The summed E-state index contributed by atoms with van der Waals surface area (Å²) in [5.41, 5.74) is 4.64. The Hall–Kier alpha value is -3.39. The monoisotopic (exact) mass is 468 g/mol. The van der Waals surface area contributed by atoms with Gasteiger partial charge in [0.1, 0.15) is 12.6 Å². The fraction of sp³-hybridized carbons (Fsp3) is 0.423. The average molecular weight is 469 g/mol. The topological polar surface area (TPSA) is 114 Å². The number of hydrogen-bond acceptors (Lipinski definition) is 5. The number of nitrogens with one attached hydrogen (secondary N) is 2. The van der Waals surface area contributed by atoms with Crippen molar-refractivity contribution in [1.82, 2.24) is 10.6 Å². The number of ether oxygens (including phenoxy) is 2. The van der Waals surface area contributed by atoms with Crippen molar-refractivity contribution in [1.29, 1.82) is 0 Å². The minimum Gasteiger partial charge on any atom is -0.480 e. The molecule has 2 aromatic carbocycles. The maximum Gasteiger partial charge on any atom is 0.407 e. The van der Waals surface area contributed by atoms with Gasteiger partial charge in [0.25, 0.3) is 0 Å². The van der Waals surface area contributed by atoms with Crippen LogP contribution in [-0.2, 0) is 19.1 Å². The number of benzene rings is 2. The molecule has 1 aliphatic carbocycles. The number of unbranched alkanes of at least 4 members (excludes halogenated alkanes) is 1. The molecule has 0 saturated heterocycles. The number of carboxylic acid groups (broad SMARTS) is 1. The number of fused-ring (bicyclic) bond motifs is 3. The highest BCUT2D eigenvalue weighted by atomic mass is 16.5. The molecule has 0 aliphatic heterocycles. The van der Waals surface area contributed by atoms with Crippen molar-refractivity contribution in [2.45, 2.75) is 44.6 Å². The predicted octanol–water partition coefficient (Wildman–Crippen LogP) is 3.69. The van der Waals surface area contributed by atoms with Crippen LogP contribution in [0.1, 0.15) is 49.7 Å². The summed E-state index contributed by atoms with van der Waals surface area (Å²) in [4.78, 5) is 35.2. The first-order valence-electron chi connectivity index (χ1n) is 11.7. The van der Waals surface area contributed by atoms with Crippen LogP contribution in [0.2, 0.25) is 0 Å². The Kier molecular flexibility index (Phi) is 9.46. The van der Waals surface area contributed by atoms with Crippen LogP contribution < -0.4 is 10.6 Å². The summed E-state index contributed by atoms with van der Waals surface area (Å²) in [6.07, 6.45) is 1.53. The lowest BCUT2D eigenvalue weighted by atomic mass is 9.98. The first-order chi connectivity index (χ1) is 16.5. The van der Waals surface area contributed by atoms with Crippen LogP contribution >= 0.6 is 0 Å². The van der Waals surface area contributed by atoms with Crippen molar-refractivity contribution in [3.05, 3.63) is 59.7 Å². The van der Waals surface area contributed by atoms with E-state index in [-0.39, 0.29) is 44.6 Å². The van der Waals surface area contributed by atoms with Gasteiger partial charge in [0.05, 0.1) is 13.2 Å². The van der Waals surface area contributed by atoms with E-state index in [1.807, 2.05) is 31.2 Å². The van der Waals surface area contributed by atoms with E-state index in [2.05, 4.69) is 34.9 Å². The molecule has 0 bridgehead atoms. The number of aliphatic carboxylic acids is 1. The fourth-order valence-electron chi connectivity index (χ4n) is 4.07. The first-order valence-corrected chi connectivity index (χ1v) is 11.7. The van der Waals surface area contributed by atoms with E-state index in [1.165, 1.54) is 11.1 Å². The van der Waals surface area contributed by atoms with Crippen LogP contribution in [-0.4, -0.2) is 55.5 Å². The minimum atomic E-state index is -1.03. The second kappa shape index (κ2) is 12.7. The molecule has 8 heteroatoms. The summed E-state index contributed by atoms with van der Waals surface area (Å²) >= 11 is 0. The van der Waals surface area contributed by atoms with Crippen molar-refractivity contribution in [3.8, 4) is 11.1 Å². The summed E-state index contributed by atoms with van der Waals surface area (Å²) in [5.74, 6) is -1.40. The molecule has 3 rings (SSSR count). The van der Waals surface area contributed by atoms with Gasteiger partial charge in [-0.2, -0.15) is 0 Å². The Balaban J connectivity index is 1.32. The van der Waals surface area contributed by atoms with Crippen LogP contribution in [0.5, 0.6) is 0 Å². The van der Waals surface area contributed by atoms with Crippen molar-refractivity contribution < 1.29 is 29.0 Å². The number of carbonyl (C=O) groups excluding carboxylic acids is 2. The van der Waals surface area contributed by atoms with Crippen LogP contribution in [0.3, 0.4) is 0 Å². The summed E-state index contributed by atoms with van der Waals surface area (Å²) < 4.78 is 10.8. The molecule has 2 amide bonds. The lowest BCUT2D eigenvalue weighted by Crippen LogP contribution is -2.41. The summed E-state index contributed by atoms with van der Waals surface area (Å²) in [7, 11) is 0. The third-order valence-corrected chi connectivity index (χ3v) is 5.81. The Morgan fingerprint density at radius 1 is 1.00 bits per heavy atom. The van der Waals surface area contributed by atoms with Gasteiger partial charge < -0.3 is 25.2 Å². The molecule has 1 atom stereocenters. The molecule has 0 aromatic heterocycles. The molecule has 8 nitrogen and oxygen atoms in total. The minimum absolute atomic E-state index is 0.000123. The van der Waals surface area contributed by atoms with Gasteiger partial charge in [0.2, 0.25) is 5.91 Å². The number of hydrogen-bond donors (Lipinski definition) is 3. The zero-order valence-corrected chi connectivity index (χ0v) is 19.4. The molecule has 182 valence electrons. The number of amides is 2. The Bertz CT molecular complexity index is 947. The molecule has 0 fully saturated rings. The molecule has 0 heterocycles. The summed E-state index contributed by atoms with van der Waals surface area (Å²) in [5, 5.41) is 14.3. The van der Waals surface area contributed by atoms with Gasteiger partial charge in [-0.25, -0.2) is 9.59 Å². The molecule has 3 N–H and O–H groups in total. The standard InChI is InChI=1S/C26H32N2O6/c1-2-3-12-23(25(30)31)28-24(29)13-15-33-16-14-27-26(32)34-17-22-20-10-6-4-8-18(20)19-9-5-7-11-21(19)22/h4-11,22-23H,2-3,12-17H2,1H3,(H,27,32)(H,28,29)(H,30,31). The van der Waals surface area contributed by atoms with Crippen LogP contribution in [0.25, 0.3) is 11.1 Å². The number of carbonyl (C=O) groups is 3. The molecule has 0 spiro atoms. The van der Waals surface area contributed by atoms with Gasteiger partial charge in [-0.05, 0) is 28.7 Å². The lowest BCUT2D eigenvalue weighted by molar-refractivity contribution is -0.142. The van der Waals surface area contributed by atoms with Gasteiger partial charge in [-0.15, -0.1) is 0 Å². The molecule has 0 saturated carbocycles. The number of carboxylic acids is 1. The quantitative estimate of drug-likeness (QED) is 0.386. The highest BCUT2D eigenvalue weighted by Gasteiger charge is 2.28. The van der Waals surface area contributed by atoms with E-state index in [9.17, 15) is 14.4 Å². The molecule has 2 aromatic rings. The van der Waals surface area contributed by atoms with Crippen LogP contribution in [0.15, 0.2) is 48.5 Å². The zero-order valence-electron chi connectivity index (χ0n) is 19.4. The van der Waals surface area contributed by atoms with Crippen molar-refractivity contribution >= 4 is 18.0 Å². The maximum absolute atomic E-state index is 12.1. The third-order valence-electron chi connectivity index (χ3n) is 5.81. The Labute approximate surface area is 199 Å². The second-order valence-corrected chi connectivity index (χ2v) is 8.22. The molecule has 1 aliphatic rings. The van der Waals surface area contributed by atoms with E-state index in [1.54, 1.807) is 0 Å². The lowest BCUT2D eigenvalue weighted by Gasteiger charge is -2.15. The van der Waals surface area contributed by atoms with E-state index in [4.69, 9.17) is 14.6 Å².